The van der Waals surface area contributed by atoms with E-state index in [2.05, 4.69) is 51.6 Å². The Kier molecular flexibility index (Phi) is 4.00. The highest BCUT2D eigenvalue weighted by Crippen LogP contribution is 2.59. The van der Waals surface area contributed by atoms with Crippen LogP contribution >= 0.6 is 0 Å². The fourth-order valence-electron chi connectivity index (χ4n) is 6.01. The van der Waals surface area contributed by atoms with Crippen LogP contribution in [0, 0.1) is 42.1 Å². The van der Waals surface area contributed by atoms with E-state index in [4.69, 9.17) is 6.57 Å². The summed E-state index contributed by atoms with van der Waals surface area (Å²) in [6, 6.07) is 0. The van der Waals surface area contributed by atoms with Crippen LogP contribution in [-0.2, 0) is 0 Å². The van der Waals surface area contributed by atoms with Gasteiger partial charge in [-0.1, -0.05) is 30.2 Å². The van der Waals surface area contributed by atoms with E-state index in [-0.39, 0.29) is 5.54 Å². The summed E-state index contributed by atoms with van der Waals surface area (Å²) in [6.07, 6.45) is 9.85. The van der Waals surface area contributed by atoms with Crippen LogP contribution in [0.3, 0.4) is 0 Å². The van der Waals surface area contributed by atoms with Crippen LogP contribution in [0.1, 0.15) is 60.3 Å². The summed E-state index contributed by atoms with van der Waals surface area (Å²) in [6.45, 7) is 19.3. The van der Waals surface area contributed by atoms with Crippen LogP contribution in [0.5, 0.6) is 0 Å². The van der Waals surface area contributed by atoms with Gasteiger partial charge in [-0.3, -0.25) is 0 Å². The van der Waals surface area contributed by atoms with Crippen molar-refractivity contribution < 1.29 is 0 Å². The molecule has 3 aliphatic rings. The van der Waals surface area contributed by atoms with Gasteiger partial charge in [0.2, 0.25) is 5.54 Å². The Bertz CT molecular complexity index is 545. The zero-order chi connectivity index (χ0) is 16.1. The first-order valence-corrected chi connectivity index (χ1v) is 9.07. The molecule has 1 heteroatoms. The van der Waals surface area contributed by atoms with Gasteiger partial charge in [0.15, 0.2) is 0 Å². The van der Waals surface area contributed by atoms with Gasteiger partial charge in [-0.15, -0.1) is 0 Å². The molecule has 120 valence electrons. The summed E-state index contributed by atoms with van der Waals surface area (Å²) >= 11 is 0. The average Bonchev–Trinajstić information content (AvgIpc) is 2.45. The minimum Gasteiger partial charge on any atom is -0.310 e. The van der Waals surface area contributed by atoms with Crippen LogP contribution in [-0.4, -0.2) is 5.54 Å². The minimum absolute atomic E-state index is 0.122. The normalized spacial score (nSPS) is 47.0. The van der Waals surface area contributed by atoms with E-state index in [0.717, 1.165) is 30.6 Å². The molecular formula is C21H31N. The van der Waals surface area contributed by atoms with Gasteiger partial charge >= 0.3 is 0 Å². The Hall–Kier alpha value is -1.03. The molecule has 3 rings (SSSR count). The molecule has 0 aromatic rings. The van der Waals surface area contributed by atoms with Crippen molar-refractivity contribution in [2.24, 2.45) is 35.5 Å². The maximum absolute atomic E-state index is 7.78. The standard InChI is InChI=1S/C21H31N/c1-13(2)11-16-12-15(4)17-9-10-21(5,22-6)18-8-7-14(3)19(16)20(17)18/h7,11,15-20H,8-10,12H2,1-5H3/t15-,16+,17+,18-,19-,20+,21-/m1/s1. The lowest BCUT2D eigenvalue weighted by atomic mass is 9.47. The predicted octanol–water partition coefficient (Wildman–Crippen LogP) is 5.90. The number of hydrogen-bond donors (Lipinski definition) is 0. The molecule has 0 radical (unpaired) electrons. The number of hydrogen-bond acceptors (Lipinski definition) is 0. The van der Waals surface area contributed by atoms with E-state index in [1.165, 1.54) is 18.4 Å². The van der Waals surface area contributed by atoms with Gasteiger partial charge < -0.3 is 4.85 Å². The molecule has 0 aliphatic heterocycles. The Morgan fingerprint density at radius 1 is 1.41 bits per heavy atom. The lowest BCUT2D eigenvalue weighted by molar-refractivity contribution is -0.0267. The topological polar surface area (TPSA) is 4.36 Å². The zero-order valence-electron chi connectivity index (χ0n) is 14.9. The number of nitrogens with zero attached hydrogens (tertiary/aromatic N) is 1. The molecule has 0 saturated heterocycles. The van der Waals surface area contributed by atoms with Gasteiger partial charge in [-0.05, 0) is 69.6 Å². The lowest BCUT2D eigenvalue weighted by Crippen LogP contribution is -2.54. The highest BCUT2D eigenvalue weighted by Gasteiger charge is 2.58. The third-order valence-corrected chi connectivity index (χ3v) is 7.01. The van der Waals surface area contributed by atoms with Crippen molar-refractivity contribution in [3.8, 4) is 0 Å². The summed E-state index contributed by atoms with van der Waals surface area (Å²) in [4.78, 5) is 4.13. The van der Waals surface area contributed by atoms with Gasteiger partial charge in [-0.2, -0.15) is 0 Å². The maximum atomic E-state index is 7.78. The lowest BCUT2D eigenvalue weighted by Gasteiger charge is -2.56. The molecule has 22 heavy (non-hydrogen) atoms. The van der Waals surface area contributed by atoms with E-state index in [1.54, 1.807) is 5.57 Å². The fourth-order valence-corrected chi connectivity index (χ4v) is 6.01. The van der Waals surface area contributed by atoms with E-state index in [0.29, 0.717) is 17.8 Å². The largest absolute Gasteiger partial charge is 0.310 e. The second kappa shape index (κ2) is 5.55. The SMILES string of the molecule is [C-]#[N+][C@]1(C)CC[C@@H]2[C@@H]3[C@H](C(C)=CC[C@H]31)[C@@H](C=C(C)C)C[C@H]2C. The molecule has 0 aromatic heterocycles. The van der Waals surface area contributed by atoms with Crippen LogP contribution in [0.25, 0.3) is 4.85 Å². The van der Waals surface area contributed by atoms with Crippen molar-refractivity contribution in [2.45, 2.75) is 65.8 Å². The summed E-state index contributed by atoms with van der Waals surface area (Å²) in [7, 11) is 0. The molecule has 0 amide bonds. The van der Waals surface area contributed by atoms with Crippen molar-refractivity contribution in [3.05, 3.63) is 34.7 Å². The van der Waals surface area contributed by atoms with Gasteiger partial charge in [0.1, 0.15) is 0 Å². The summed E-state index contributed by atoms with van der Waals surface area (Å²) in [5.41, 5.74) is 2.94. The monoisotopic (exact) mass is 297 g/mol. The van der Waals surface area contributed by atoms with Crippen molar-refractivity contribution in [2.75, 3.05) is 0 Å². The molecule has 0 bridgehead atoms. The molecule has 2 saturated carbocycles. The first kappa shape index (κ1) is 15.9. The summed E-state index contributed by atoms with van der Waals surface area (Å²) in [5.74, 6) is 4.35. The third-order valence-electron chi connectivity index (χ3n) is 7.01. The van der Waals surface area contributed by atoms with Crippen molar-refractivity contribution >= 4 is 0 Å². The van der Waals surface area contributed by atoms with Crippen LogP contribution in [0.15, 0.2) is 23.3 Å². The van der Waals surface area contributed by atoms with Crippen molar-refractivity contribution in [3.63, 3.8) is 0 Å². The van der Waals surface area contributed by atoms with Crippen LogP contribution in [0.4, 0.5) is 0 Å². The van der Waals surface area contributed by atoms with E-state index in [1.807, 2.05) is 0 Å². The van der Waals surface area contributed by atoms with Crippen LogP contribution in [0.2, 0.25) is 0 Å². The molecule has 3 aliphatic carbocycles. The quantitative estimate of drug-likeness (QED) is 0.419. The van der Waals surface area contributed by atoms with Gasteiger partial charge in [0.05, 0.1) is 0 Å². The Morgan fingerprint density at radius 3 is 2.77 bits per heavy atom. The molecule has 0 aromatic carbocycles. The second-order valence-corrected chi connectivity index (χ2v) is 8.69. The molecular weight excluding hydrogens is 266 g/mol. The van der Waals surface area contributed by atoms with E-state index < -0.39 is 0 Å². The molecule has 2 fully saturated rings. The third kappa shape index (κ3) is 2.36. The zero-order valence-corrected chi connectivity index (χ0v) is 14.9. The van der Waals surface area contributed by atoms with Crippen LogP contribution < -0.4 is 0 Å². The van der Waals surface area contributed by atoms with Gasteiger partial charge in [0.25, 0.3) is 0 Å². The molecule has 0 unspecified atom stereocenters. The second-order valence-electron chi connectivity index (χ2n) is 8.69. The molecule has 7 atom stereocenters. The summed E-state index contributed by atoms with van der Waals surface area (Å²) in [5, 5.41) is 0. The Labute approximate surface area is 136 Å². The summed E-state index contributed by atoms with van der Waals surface area (Å²) < 4.78 is 0. The Balaban J connectivity index is 2.05. The highest BCUT2D eigenvalue weighted by atomic mass is 14.8. The Morgan fingerprint density at radius 2 is 2.14 bits per heavy atom. The predicted molar refractivity (Wildman–Crippen MR) is 93.3 cm³/mol. The molecule has 1 nitrogen and oxygen atoms in total. The molecule has 0 heterocycles. The smallest absolute Gasteiger partial charge is 0.233 e. The highest BCUT2D eigenvalue weighted by molar-refractivity contribution is 5.24. The number of rotatable bonds is 1. The van der Waals surface area contributed by atoms with Crippen molar-refractivity contribution in [1.29, 1.82) is 0 Å². The molecule has 0 spiro atoms. The van der Waals surface area contributed by atoms with E-state index in [9.17, 15) is 0 Å². The first-order chi connectivity index (χ1) is 10.4. The maximum Gasteiger partial charge on any atom is 0.233 e. The van der Waals surface area contributed by atoms with Gasteiger partial charge in [-0.25, -0.2) is 6.57 Å². The fraction of sp³-hybridized carbons (Fsp3) is 0.762. The van der Waals surface area contributed by atoms with E-state index >= 15 is 0 Å². The van der Waals surface area contributed by atoms with Crippen molar-refractivity contribution in [1.82, 2.24) is 0 Å². The number of allylic oxidation sites excluding steroid dienone is 4. The first-order valence-electron chi connectivity index (χ1n) is 9.07. The van der Waals surface area contributed by atoms with Gasteiger partial charge in [0, 0.05) is 19.3 Å². The molecule has 0 N–H and O–H groups in total. The minimum atomic E-state index is -0.122. The average molecular weight is 297 g/mol.